The van der Waals surface area contributed by atoms with Gasteiger partial charge < -0.3 is 10.1 Å². The van der Waals surface area contributed by atoms with Crippen LogP contribution in [0.25, 0.3) is 16.2 Å². The van der Waals surface area contributed by atoms with Crippen molar-refractivity contribution < 1.29 is 9.53 Å². The molecular formula is C21H18BrN3O2S. The van der Waals surface area contributed by atoms with Gasteiger partial charge in [0.2, 0.25) is 5.91 Å². The molecule has 0 aliphatic heterocycles. The van der Waals surface area contributed by atoms with Crippen LogP contribution in [0.2, 0.25) is 0 Å². The number of hydrogen-bond donors (Lipinski definition) is 1. The van der Waals surface area contributed by atoms with Crippen molar-refractivity contribution in [3.05, 3.63) is 69.8 Å². The van der Waals surface area contributed by atoms with E-state index in [4.69, 9.17) is 4.74 Å². The van der Waals surface area contributed by atoms with Crippen molar-refractivity contribution in [2.45, 2.75) is 13.3 Å². The zero-order valence-electron chi connectivity index (χ0n) is 15.4. The third-order valence-corrected chi connectivity index (χ3v) is 5.76. The number of carbonyl (C=O) groups excluding carboxylic acids is 1. The lowest BCUT2D eigenvalue weighted by Crippen LogP contribution is -2.16. The molecule has 0 saturated carbocycles. The van der Waals surface area contributed by atoms with E-state index in [1.807, 2.05) is 65.4 Å². The van der Waals surface area contributed by atoms with Crippen LogP contribution < -0.4 is 10.1 Å². The smallest absolute Gasteiger partial charge is 0.230 e. The van der Waals surface area contributed by atoms with Crippen LogP contribution in [0.4, 0.5) is 5.69 Å². The highest BCUT2D eigenvalue weighted by Gasteiger charge is 2.14. The Morgan fingerprint density at radius 1 is 1.29 bits per heavy atom. The van der Waals surface area contributed by atoms with Crippen LogP contribution in [-0.2, 0) is 11.2 Å². The number of rotatable bonds is 5. The molecule has 2 heterocycles. The summed E-state index contributed by atoms with van der Waals surface area (Å²) < 4.78 is 8.32. The molecule has 0 saturated heterocycles. The first-order valence-corrected chi connectivity index (χ1v) is 10.4. The zero-order valence-corrected chi connectivity index (χ0v) is 17.8. The number of thiazole rings is 1. The van der Waals surface area contributed by atoms with Crippen LogP contribution in [0, 0.1) is 6.92 Å². The normalized spacial score (nSPS) is 11.0. The molecule has 1 amide bonds. The number of anilines is 1. The summed E-state index contributed by atoms with van der Waals surface area (Å²) in [5.41, 5.74) is 4.56. The molecule has 0 spiro atoms. The van der Waals surface area contributed by atoms with Gasteiger partial charge in [-0.3, -0.25) is 9.20 Å². The van der Waals surface area contributed by atoms with Crippen molar-refractivity contribution in [3.8, 4) is 17.0 Å². The summed E-state index contributed by atoms with van der Waals surface area (Å²) in [7, 11) is 1.59. The summed E-state index contributed by atoms with van der Waals surface area (Å²) in [6.45, 7) is 1.98. The number of aromatic nitrogens is 2. The number of benzene rings is 2. The van der Waals surface area contributed by atoms with Crippen molar-refractivity contribution in [3.63, 3.8) is 0 Å². The molecule has 4 aromatic rings. The molecule has 7 heteroatoms. The van der Waals surface area contributed by atoms with Gasteiger partial charge in [-0.05, 0) is 36.8 Å². The van der Waals surface area contributed by atoms with Crippen LogP contribution >= 0.6 is 27.3 Å². The van der Waals surface area contributed by atoms with Crippen LogP contribution in [0.15, 0.2) is 58.5 Å². The van der Waals surface area contributed by atoms with Crippen LogP contribution in [-0.4, -0.2) is 22.4 Å². The molecule has 4 rings (SSSR count). The van der Waals surface area contributed by atoms with Gasteiger partial charge in [0.15, 0.2) is 4.96 Å². The summed E-state index contributed by atoms with van der Waals surface area (Å²) in [4.78, 5) is 18.2. The van der Waals surface area contributed by atoms with Gasteiger partial charge in [-0.2, -0.15) is 0 Å². The van der Waals surface area contributed by atoms with E-state index < -0.39 is 0 Å². The summed E-state index contributed by atoms with van der Waals surface area (Å²) >= 11 is 5.02. The highest BCUT2D eigenvalue weighted by molar-refractivity contribution is 9.10. The Morgan fingerprint density at radius 2 is 2.14 bits per heavy atom. The van der Waals surface area contributed by atoms with E-state index in [9.17, 15) is 4.79 Å². The first kappa shape index (κ1) is 18.7. The van der Waals surface area contributed by atoms with E-state index in [0.717, 1.165) is 31.9 Å². The lowest BCUT2D eigenvalue weighted by Gasteiger charge is -2.10. The zero-order chi connectivity index (χ0) is 19.7. The Kier molecular flexibility index (Phi) is 5.19. The van der Waals surface area contributed by atoms with E-state index in [1.165, 1.54) is 11.3 Å². The molecule has 0 aliphatic rings. The maximum Gasteiger partial charge on any atom is 0.230 e. The van der Waals surface area contributed by atoms with Crippen molar-refractivity contribution in [2.24, 2.45) is 0 Å². The lowest BCUT2D eigenvalue weighted by molar-refractivity contribution is -0.115. The number of hydrogen-bond acceptors (Lipinski definition) is 4. The van der Waals surface area contributed by atoms with Crippen molar-refractivity contribution in [1.82, 2.24) is 9.38 Å². The van der Waals surface area contributed by atoms with Gasteiger partial charge in [0, 0.05) is 27.3 Å². The summed E-state index contributed by atoms with van der Waals surface area (Å²) in [6, 6.07) is 13.7. The average molecular weight is 456 g/mol. The number of amides is 1. The number of aryl methyl sites for hydroxylation is 1. The minimum atomic E-state index is -0.0960. The predicted molar refractivity (Wildman–Crippen MR) is 116 cm³/mol. The average Bonchev–Trinajstić information content (AvgIpc) is 3.24. The summed E-state index contributed by atoms with van der Waals surface area (Å²) in [6.07, 6.45) is 2.23. The highest BCUT2D eigenvalue weighted by Crippen LogP contribution is 2.27. The largest absolute Gasteiger partial charge is 0.495 e. The molecule has 2 aromatic heterocycles. The van der Waals surface area contributed by atoms with Gasteiger partial charge in [0.05, 0.1) is 24.9 Å². The number of halogens is 1. The SMILES string of the molecule is COc1ccc(C)cc1NC(=O)Cc1csc2nc(-c3cccc(Br)c3)cn12. The van der Waals surface area contributed by atoms with Gasteiger partial charge in [-0.1, -0.05) is 34.1 Å². The molecule has 0 radical (unpaired) electrons. The monoisotopic (exact) mass is 455 g/mol. The molecule has 2 aromatic carbocycles. The van der Waals surface area contributed by atoms with E-state index in [1.54, 1.807) is 7.11 Å². The first-order chi connectivity index (χ1) is 13.5. The van der Waals surface area contributed by atoms with Crippen LogP contribution in [0.5, 0.6) is 5.75 Å². The second-order valence-corrected chi connectivity index (χ2v) is 8.20. The summed E-state index contributed by atoms with van der Waals surface area (Å²) in [5.74, 6) is 0.551. The van der Waals surface area contributed by atoms with Gasteiger partial charge in [-0.15, -0.1) is 11.3 Å². The van der Waals surface area contributed by atoms with Crippen LogP contribution in [0.1, 0.15) is 11.3 Å². The number of ether oxygens (including phenoxy) is 1. The molecule has 142 valence electrons. The summed E-state index contributed by atoms with van der Waals surface area (Å²) in [5, 5.41) is 4.92. The Bertz CT molecular complexity index is 1170. The molecule has 0 atom stereocenters. The Hall–Kier alpha value is -2.64. The number of nitrogens with zero attached hydrogens (tertiary/aromatic N) is 2. The van der Waals surface area contributed by atoms with E-state index in [-0.39, 0.29) is 12.3 Å². The molecule has 0 bridgehead atoms. The highest BCUT2D eigenvalue weighted by atomic mass is 79.9. The molecule has 0 unspecified atom stereocenters. The van der Waals surface area contributed by atoms with Crippen molar-refractivity contribution in [1.29, 1.82) is 0 Å². The number of fused-ring (bicyclic) bond motifs is 1. The lowest BCUT2D eigenvalue weighted by atomic mass is 10.2. The van der Waals surface area contributed by atoms with Gasteiger partial charge in [-0.25, -0.2) is 4.98 Å². The number of nitrogens with one attached hydrogen (secondary N) is 1. The fourth-order valence-corrected chi connectivity index (χ4v) is 4.29. The van der Waals surface area contributed by atoms with Crippen molar-refractivity contribution in [2.75, 3.05) is 12.4 Å². The molecule has 0 aliphatic carbocycles. The Balaban J connectivity index is 1.57. The molecule has 0 fully saturated rings. The second kappa shape index (κ2) is 7.77. The van der Waals surface area contributed by atoms with Crippen LogP contribution in [0.3, 0.4) is 0 Å². The Labute approximate surface area is 175 Å². The number of methoxy groups -OCH3 is 1. The standard InChI is InChI=1S/C21H18BrN3O2S/c1-13-6-7-19(27-2)17(8-13)23-20(26)10-16-12-28-21-24-18(11-25(16)21)14-4-3-5-15(22)9-14/h3-9,11-12H,10H2,1-2H3,(H,23,26). The molecule has 28 heavy (non-hydrogen) atoms. The Morgan fingerprint density at radius 3 is 2.93 bits per heavy atom. The first-order valence-electron chi connectivity index (χ1n) is 8.69. The second-order valence-electron chi connectivity index (χ2n) is 6.44. The maximum atomic E-state index is 12.6. The van der Waals surface area contributed by atoms with E-state index in [2.05, 4.69) is 26.2 Å². The van der Waals surface area contributed by atoms with E-state index in [0.29, 0.717) is 11.4 Å². The van der Waals surface area contributed by atoms with Gasteiger partial charge in [0.25, 0.3) is 0 Å². The topological polar surface area (TPSA) is 55.6 Å². The minimum Gasteiger partial charge on any atom is -0.495 e. The number of carbonyl (C=O) groups is 1. The van der Waals surface area contributed by atoms with Gasteiger partial charge >= 0.3 is 0 Å². The molecule has 5 nitrogen and oxygen atoms in total. The third-order valence-electron chi connectivity index (χ3n) is 4.37. The third kappa shape index (κ3) is 3.81. The van der Waals surface area contributed by atoms with Crippen molar-refractivity contribution >= 4 is 43.8 Å². The fourth-order valence-electron chi connectivity index (χ4n) is 3.02. The predicted octanol–water partition coefficient (Wildman–Crippen LogP) is 5.32. The number of imidazole rings is 1. The van der Waals surface area contributed by atoms with E-state index >= 15 is 0 Å². The molecular weight excluding hydrogens is 438 g/mol. The quantitative estimate of drug-likeness (QED) is 0.442. The minimum absolute atomic E-state index is 0.0960. The fraction of sp³-hybridized carbons (Fsp3) is 0.143. The maximum absolute atomic E-state index is 12.6. The van der Waals surface area contributed by atoms with Gasteiger partial charge in [0.1, 0.15) is 5.75 Å². The molecule has 1 N–H and O–H groups in total.